The fourth-order valence-electron chi connectivity index (χ4n) is 1.76. The number of benzene rings is 1. The van der Waals surface area contributed by atoms with Crippen LogP contribution in [0.15, 0.2) is 24.3 Å². The normalized spacial score (nSPS) is 11.9. The molecule has 0 spiro atoms. The summed E-state index contributed by atoms with van der Waals surface area (Å²) in [6.45, 7) is 8.63. The maximum atomic E-state index is 10.2. The molecule has 1 rings (SSSR count). The lowest BCUT2D eigenvalue weighted by molar-refractivity contribution is -0.0116. The molecule has 0 atom stereocenters. The zero-order valence-electron chi connectivity index (χ0n) is 11.4. The number of hydrogen-bond acceptors (Lipinski definition) is 2. The van der Waals surface area contributed by atoms with Crippen LogP contribution in [0.3, 0.4) is 0 Å². The molecule has 0 radical (unpaired) electrons. The van der Waals surface area contributed by atoms with E-state index in [9.17, 15) is 5.11 Å². The highest BCUT2D eigenvalue weighted by molar-refractivity contribution is 5.35. The molecule has 0 unspecified atom stereocenters. The van der Waals surface area contributed by atoms with Crippen molar-refractivity contribution < 1.29 is 9.84 Å². The smallest absolute Gasteiger partial charge is 0.122 e. The highest BCUT2D eigenvalue weighted by Crippen LogP contribution is 2.27. The molecule has 0 saturated carbocycles. The molecule has 0 saturated heterocycles. The summed E-state index contributed by atoms with van der Waals surface area (Å²) >= 11 is 0. The lowest BCUT2D eigenvalue weighted by atomic mass is 9.98. The molecule has 2 heteroatoms. The second kappa shape index (κ2) is 6.06. The molecule has 0 aliphatic heterocycles. The van der Waals surface area contributed by atoms with Gasteiger partial charge < -0.3 is 9.84 Å². The average molecular weight is 236 g/mol. The van der Waals surface area contributed by atoms with E-state index in [4.69, 9.17) is 4.74 Å². The Balaban J connectivity index is 2.75. The molecule has 1 aromatic rings. The van der Waals surface area contributed by atoms with E-state index < -0.39 is 5.60 Å². The molecular weight excluding hydrogens is 212 g/mol. The molecule has 2 nitrogen and oxygen atoms in total. The van der Waals surface area contributed by atoms with E-state index in [0.717, 1.165) is 5.75 Å². The van der Waals surface area contributed by atoms with Gasteiger partial charge in [0, 0.05) is 0 Å². The summed E-state index contributed by atoms with van der Waals surface area (Å²) in [6, 6.07) is 8.05. The van der Waals surface area contributed by atoms with Crippen molar-refractivity contribution in [3.63, 3.8) is 0 Å². The molecule has 1 N–H and O–H groups in total. The summed E-state index contributed by atoms with van der Waals surface area (Å²) in [5.74, 6) is 1.32. The first kappa shape index (κ1) is 14.0. The van der Waals surface area contributed by atoms with E-state index in [1.54, 1.807) is 0 Å². The predicted molar refractivity (Wildman–Crippen MR) is 71.6 cm³/mol. The van der Waals surface area contributed by atoms with Crippen molar-refractivity contribution in [2.24, 2.45) is 0 Å². The van der Waals surface area contributed by atoms with Crippen LogP contribution in [0.2, 0.25) is 0 Å². The highest BCUT2D eigenvalue weighted by atomic mass is 16.5. The van der Waals surface area contributed by atoms with Gasteiger partial charge in [-0.1, -0.05) is 45.9 Å². The van der Waals surface area contributed by atoms with Gasteiger partial charge in [0.15, 0.2) is 0 Å². The van der Waals surface area contributed by atoms with Gasteiger partial charge in [-0.2, -0.15) is 0 Å². The fourth-order valence-corrected chi connectivity index (χ4v) is 1.76. The second-order valence-corrected chi connectivity index (χ2v) is 4.91. The number of para-hydroxylation sites is 1. The minimum Gasteiger partial charge on any atom is -0.490 e. The Labute approximate surface area is 105 Å². The monoisotopic (exact) mass is 236 g/mol. The molecular formula is C15H24O2. The molecule has 0 bridgehead atoms. The van der Waals surface area contributed by atoms with Crippen LogP contribution in [0.4, 0.5) is 0 Å². The van der Waals surface area contributed by atoms with Crippen LogP contribution >= 0.6 is 0 Å². The molecule has 0 aromatic heterocycles. The first-order chi connectivity index (χ1) is 8.02. The van der Waals surface area contributed by atoms with E-state index in [2.05, 4.69) is 19.9 Å². The first-order valence-electron chi connectivity index (χ1n) is 6.46. The third-order valence-corrected chi connectivity index (χ3v) is 3.35. The van der Waals surface area contributed by atoms with Gasteiger partial charge >= 0.3 is 0 Å². The number of aliphatic hydroxyl groups is 1. The topological polar surface area (TPSA) is 29.5 Å². The van der Waals surface area contributed by atoms with Crippen LogP contribution in [-0.4, -0.2) is 17.3 Å². The Morgan fingerprint density at radius 3 is 2.29 bits per heavy atom. The summed E-state index contributed by atoms with van der Waals surface area (Å²) in [5.41, 5.74) is 0.492. The van der Waals surface area contributed by atoms with Gasteiger partial charge in [0.2, 0.25) is 0 Å². The van der Waals surface area contributed by atoms with Gasteiger partial charge in [-0.15, -0.1) is 0 Å². The van der Waals surface area contributed by atoms with Crippen molar-refractivity contribution >= 4 is 0 Å². The minimum absolute atomic E-state index is 0.365. The zero-order chi connectivity index (χ0) is 12.9. The van der Waals surface area contributed by atoms with Crippen molar-refractivity contribution in [2.75, 3.05) is 6.61 Å². The molecule has 1 aromatic carbocycles. The maximum Gasteiger partial charge on any atom is 0.122 e. The molecule has 96 valence electrons. The van der Waals surface area contributed by atoms with Gasteiger partial charge in [-0.3, -0.25) is 0 Å². The third-order valence-electron chi connectivity index (χ3n) is 3.35. The van der Waals surface area contributed by atoms with Crippen molar-refractivity contribution in [3.05, 3.63) is 29.8 Å². The minimum atomic E-state index is -0.704. The van der Waals surface area contributed by atoms with Gasteiger partial charge in [0.05, 0.1) is 5.60 Å². The Hall–Kier alpha value is -1.02. The van der Waals surface area contributed by atoms with Crippen molar-refractivity contribution in [1.29, 1.82) is 0 Å². The zero-order valence-corrected chi connectivity index (χ0v) is 11.4. The lowest BCUT2D eigenvalue weighted by Crippen LogP contribution is -2.34. The Morgan fingerprint density at radius 1 is 1.18 bits per heavy atom. The largest absolute Gasteiger partial charge is 0.490 e. The number of ether oxygens (including phenoxy) is 1. The van der Waals surface area contributed by atoms with Crippen LogP contribution in [0, 0.1) is 0 Å². The van der Waals surface area contributed by atoms with Crippen molar-refractivity contribution in [3.8, 4) is 5.75 Å². The van der Waals surface area contributed by atoms with Crippen LogP contribution in [0.1, 0.15) is 52.0 Å². The van der Waals surface area contributed by atoms with Gasteiger partial charge in [0.25, 0.3) is 0 Å². The molecule has 0 amide bonds. The second-order valence-electron chi connectivity index (χ2n) is 4.91. The summed E-state index contributed by atoms with van der Waals surface area (Å²) in [6.07, 6.45) is 1.43. The highest BCUT2D eigenvalue weighted by Gasteiger charge is 2.23. The summed E-state index contributed by atoms with van der Waals surface area (Å²) in [7, 11) is 0. The van der Waals surface area contributed by atoms with Crippen molar-refractivity contribution in [1.82, 2.24) is 0 Å². The van der Waals surface area contributed by atoms with Gasteiger partial charge in [-0.05, 0) is 30.4 Å². The standard InChI is InChI=1S/C15H24O2/c1-5-15(16,6-2)11-17-14-10-8-7-9-13(14)12(3)4/h7-10,12,16H,5-6,11H2,1-4H3. The van der Waals surface area contributed by atoms with Crippen LogP contribution in [-0.2, 0) is 0 Å². The van der Waals surface area contributed by atoms with Crippen LogP contribution < -0.4 is 4.74 Å². The number of hydrogen-bond donors (Lipinski definition) is 1. The quantitative estimate of drug-likeness (QED) is 0.815. The number of rotatable bonds is 6. The third kappa shape index (κ3) is 3.74. The summed E-state index contributed by atoms with van der Waals surface area (Å²) in [5, 5.41) is 10.2. The Bertz CT molecular complexity index is 341. The molecule has 0 aliphatic carbocycles. The molecule has 0 heterocycles. The van der Waals surface area contributed by atoms with Crippen LogP contribution in [0.5, 0.6) is 5.75 Å². The van der Waals surface area contributed by atoms with E-state index in [1.165, 1.54) is 5.56 Å². The van der Waals surface area contributed by atoms with Gasteiger partial charge in [0.1, 0.15) is 12.4 Å². The Kier molecular flexibility index (Phi) is 5.01. The summed E-state index contributed by atoms with van der Waals surface area (Å²) < 4.78 is 5.80. The van der Waals surface area contributed by atoms with E-state index in [-0.39, 0.29) is 0 Å². The maximum absolute atomic E-state index is 10.2. The molecule has 0 fully saturated rings. The van der Waals surface area contributed by atoms with E-state index in [1.807, 2.05) is 32.0 Å². The first-order valence-corrected chi connectivity index (χ1v) is 6.46. The molecule has 0 aliphatic rings. The lowest BCUT2D eigenvalue weighted by Gasteiger charge is -2.26. The van der Waals surface area contributed by atoms with Crippen LogP contribution in [0.25, 0.3) is 0 Å². The van der Waals surface area contributed by atoms with E-state index >= 15 is 0 Å². The fraction of sp³-hybridized carbons (Fsp3) is 0.600. The van der Waals surface area contributed by atoms with Crippen molar-refractivity contribution in [2.45, 2.75) is 52.1 Å². The summed E-state index contributed by atoms with van der Waals surface area (Å²) in [4.78, 5) is 0. The SMILES string of the molecule is CCC(O)(CC)COc1ccccc1C(C)C. The Morgan fingerprint density at radius 2 is 1.76 bits per heavy atom. The predicted octanol–water partition coefficient (Wildman–Crippen LogP) is 3.74. The molecule has 17 heavy (non-hydrogen) atoms. The average Bonchev–Trinajstić information content (AvgIpc) is 2.36. The van der Waals surface area contributed by atoms with Gasteiger partial charge in [-0.25, -0.2) is 0 Å². The van der Waals surface area contributed by atoms with E-state index in [0.29, 0.717) is 25.4 Å².